The molecular weight excluding hydrogens is 254 g/mol. The first-order chi connectivity index (χ1) is 3.66. The highest BCUT2D eigenvalue weighted by Gasteiger charge is 1.82. The largest absolute Gasteiger partial charge is 0.228 e. The van der Waals surface area contributed by atoms with Gasteiger partial charge in [0.2, 0.25) is 0 Å². The standard InChI is InChI=1S/C4H5Br2NS/c1-2-3(5)7-4(6)8/h2H,1H3,(H,7,8)/b3-2-. The molecule has 0 radical (unpaired) electrons. The lowest BCUT2D eigenvalue weighted by atomic mass is 10.7. The van der Waals surface area contributed by atoms with Crippen LogP contribution in [0.4, 0.5) is 0 Å². The number of hydrogen-bond donors (Lipinski definition) is 1. The molecule has 0 aliphatic rings. The monoisotopic (exact) mass is 257 g/mol. The predicted molar refractivity (Wildman–Crippen MR) is 48.0 cm³/mol. The molecule has 0 saturated heterocycles. The summed E-state index contributed by atoms with van der Waals surface area (Å²) in [6.07, 6.45) is 1.83. The van der Waals surface area contributed by atoms with Crippen molar-refractivity contribution in [3.63, 3.8) is 0 Å². The predicted octanol–water partition coefficient (Wildman–Crippen LogP) is 2.92. The van der Waals surface area contributed by atoms with E-state index in [2.05, 4.69) is 49.5 Å². The minimum absolute atomic E-state index is 0.572. The van der Waals surface area contributed by atoms with Crippen molar-refractivity contribution in [2.45, 2.75) is 6.92 Å². The number of halogens is 2. The highest BCUT2D eigenvalue weighted by molar-refractivity contribution is 9.21. The second-order valence-electron chi connectivity index (χ2n) is 0.992. The molecule has 0 aromatic carbocycles. The van der Waals surface area contributed by atoms with Gasteiger partial charge in [-0.2, -0.15) is 0 Å². The summed E-state index contributed by atoms with van der Waals surface area (Å²) < 4.78 is 1.35. The Kier molecular flexibility index (Phi) is 5.00. The fraction of sp³-hybridized carbons (Fsp3) is 0.250. The first kappa shape index (κ1) is 8.72. The Morgan fingerprint density at radius 1 is 1.62 bits per heavy atom. The van der Waals surface area contributed by atoms with E-state index < -0.39 is 0 Å². The van der Waals surface area contributed by atoms with Crippen LogP contribution in [0.5, 0.6) is 0 Å². The summed E-state index contributed by atoms with van der Waals surface area (Å²) >= 11 is 10.1. The quantitative estimate of drug-likeness (QED) is 0.321. The molecule has 8 heavy (non-hydrogen) atoms. The van der Waals surface area contributed by atoms with Crippen LogP contribution in [0, 0.1) is 0 Å². The summed E-state index contributed by atoms with van der Waals surface area (Å²) in [4.78, 5) is 3.87. The number of thiol groups is 1. The third kappa shape index (κ3) is 4.87. The van der Waals surface area contributed by atoms with E-state index in [1.165, 1.54) is 0 Å². The molecule has 0 heterocycles. The van der Waals surface area contributed by atoms with E-state index in [9.17, 15) is 0 Å². The highest BCUT2D eigenvalue weighted by Crippen LogP contribution is 2.09. The van der Waals surface area contributed by atoms with Gasteiger partial charge in [-0.15, -0.1) is 12.6 Å². The zero-order valence-corrected chi connectivity index (χ0v) is 8.29. The molecule has 0 N–H and O–H groups in total. The lowest BCUT2D eigenvalue weighted by Gasteiger charge is -1.84. The third-order valence-corrected chi connectivity index (χ3v) is 1.35. The molecule has 0 amide bonds. The number of allylic oxidation sites excluding steroid dienone is 1. The maximum absolute atomic E-state index is 3.89. The summed E-state index contributed by atoms with van der Waals surface area (Å²) in [7, 11) is 0. The van der Waals surface area contributed by atoms with Crippen LogP contribution in [0.2, 0.25) is 0 Å². The van der Waals surface area contributed by atoms with Crippen molar-refractivity contribution in [3.05, 3.63) is 10.7 Å². The van der Waals surface area contributed by atoms with E-state index in [-0.39, 0.29) is 0 Å². The SMILES string of the molecule is C/C=C(Br)\N=C(/S)Br. The van der Waals surface area contributed by atoms with Gasteiger partial charge >= 0.3 is 0 Å². The Labute approximate surface area is 70.9 Å². The van der Waals surface area contributed by atoms with Crippen molar-refractivity contribution in [1.82, 2.24) is 0 Å². The second kappa shape index (κ2) is 4.58. The van der Waals surface area contributed by atoms with Crippen molar-refractivity contribution in [3.8, 4) is 0 Å². The van der Waals surface area contributed by atoms with Crippen LogP contribution in [0.15, 0.2) is 15.7 Å². The van der Waals surface area contributed by atoms with E-state index in [4.69, 9.17) is 0 Å². The van der Waals surface area contributed by atoms with Gasteiger partial charge in [-0.25, -0.2) is 4.99 Å². The van der Waals surface area contributed by atoms with Crippen molar-refractivity contribution in [2.75, 3.05) is 0 Å². The van der Waals surface area contributed by atoms with E-state index >= 15 is 0 Å². The van der Waals surface area contributed by atoms with E-state index in [0.717, 1.165) is 4.61 Å². The molecule has 0 rings (SSSR count). The average Bonchev–Trinajstić information content (AvgIpc) is 1.65. The smallest absolute Gasteiger partial charge is 0.137 e. The van der Waals surface area contributed by atoms with Gasteiger partial charge in [0, 0.05) is 0 Å². The van der Waals surface area contributed by atoms with Gasteiger partial charge in [-0.05, 0) is 38.8 Å². The maximum Gasteiger partial charge on any atom is 0.137 e. The number of rotatable bonds is 1. The molecule has 0 aromatic rings. The molecule has 4 heteroatoms. The lowest BCUT2D eigenvalue weighted by molar-refractivity contribution is 1.52. The fourth-order valence-corrected chi connectivity index (χ4v) is 1.00. The third-order valence-electron chi connectivity index (χ3n) is 0.437. The van der Waals surface area contributed by atoms with Gasteiger partial charge in [-0.3, -0.25) is 0 Å². The molecule has 0 atom stereocenters. The van der Waals surface area contributed by atoms with Crippen LogP contribution in [0.3, 0.4) is 0 Å². The molecule has 1 nitrogen and oxygen atoms in total. The van der Waals surface area contributed by atoms with Crippen LogP contribution in [-0.4, -0.2) is 3.95 Å². The zero-order chi connectivity index (χ0) is 6.57. The fourth-order valence-electron chi connectivity index (χ4n) is 0.153. The Hall–Kier alpha value is 0.720. The highest BCUT2D eigenvalue weighted by atomic mass is 79.9. The summed E-state index contributed by atoms with van der Waals surface area (Å²) in [5.74, 6) is 0. The van der Waals surface area contributed by atoms with Gasteiger partial charge < -0.3 is 0 Å². The van der Waals surface area contributed by atoms with E-state index in [1.54, 1.807) is 0 Å². The summed E-state index contributed by atoms with van der Waals surface area (Å²) in [5, 5.41) is 0. The van der Waals surface area contributed by atoms with Crippen molar-refractivity contribution < 1.29 is 0 Å². The molecule has 0 bridgehead atoms. The molecule has 0 unspecified atom stereocenters. The van der Waals surface area contributed by atoms with Gasteiger partial charge in [0.1, 0.15) is 8.56 Å². The summed E-state index contributed by atoms with van der Waals surface area (Å²) in [5.41, 5.74) is 0. The molecule has 0 aliphatic carbocycles. The van der Waals surface area contributed by atoms with Crippen LogP contribution in [0.25, 0.3) is 0 Å². The Morgan fingerprint density at radius 2 is 2.12 bits per heavy atom. The average molecular weight is 259 g/mol. The molecule has 46 valence electrons. The van der Waals surface area contributed by atoms with Gasteiger partial charge in [0.05, 0.1) is 0 Å². The molecule has 0 aromatic heterocycles. The Morgan fingerprint density at radius 3 is 2.25 bits per heavy atom. The Balaban J connectivity index is 3.89. The normalized spacial score (nSPS) is 14.5. The molecular formula is C4H5Br2NS. The minimum atomic E-state index is 0.572. The number of nitrogens with zero attached hydrogens (tertiary/aromatic N) is 1. The molecule has 0 saturated carbocycles. The lowest BCUT2D eigenvalue weighted by Crippen LogP contribution is -1.67. The molecule has 0 fully saturated rings. The first-order valence-electron chi connectivity index (χ1n) is 1.91. The Bertz CT molecular complexity index is 126. The van der Waals surface area contributed by atoms with Gasteiger partial charge in [-0.1, -0.05) is 6.08 Å². The van der Waals surface area contributed by atoms with Crippen LogP contribution < -0.4 is 0 Å². The van der Waals surface area contributed by atoms with Gasteiger partial charge in [0.25, 0.3) is 0 Å². The number of aliphatic imine (C=N–C) groups is 1. The number of hydrogen-bond acceptors (Lipinski definition) is 1. The van der Waals surface area contributed by atoms with Crippen molar-refractivity contribution in [1.29, 1.82) is 0 Å². The zero-order valence-electron chi connectivity index (χ0n) is 4.23. The van der Waals surface area contributed by atoms with Crippen molar-refractivity contribution in [2.24, 2.45) is 4.99 Å². The topological polar surface area (TPSA) is 12.4 Å². The van der Waals surface area contributed by atoms with Crippen LogP contribution in [0.1, 0.15) is 6.92 Å². The van der Waals surface area contributed by atoms with E-state index in [0.29, 0.717) is 3.95 Å². The van der Waals surface area contributed by atoms with Crippen LogP contribution in [-0.2, 0) is 0 Å². The van der Waals surface area contributed by atoms with E-state index in [1.807, 2.05) is 13.0 Å². The second-order valence-corrected chi connectivity index (χ2v) is 3.59. The minimum Gasteiger partial charge on any atom is -0.228 e. The molecule has 0 spiro atoms. The maximum atomic E-state index is 3.89. The van der Waals surface area contributed by atoms with Crippen molar-refractivity contribution >= 4 is 48.4 Å². The summed E-state index contributed by atoms with van der Waals surface area (Å²) in [6, 6.07) is 0. The first-order valence-corrected chi connectivity index (χ1v) is 3.95. The van der Waals surface area contributed by atoms with Gasteiger partial charge in [0.15, 0.2) is 0 Å². The molecule has 0 aliphatic heterocycles. The van der Waals surface area contributed by atoms with Crippen LogP contribution >= 0.6 is 44.5 Å². The summed E-state index contributed by atoms with van der Waals surface area (Å²) in [6.45, 7) is 1.89.